The maximum absolute atomic E-state index is 14.1. The highest BCUT2D eigenvalue weighted by atomic mass is 19.2. The van der Waals surface area contributed by atoms with Crippen LogP contribution >= 0.6 is 0 Å². The number of carbonyl (C=O) groups is 1. The van der Waals surface area contributed by atoms with Crippen LogP contribution in [0.2, 0.25) is 0 Å². The van der Waals surface area contributed by atoms with E-state index in [1.54, 1.807) is 12.0 Å². The Morgan fingerprint density at radius 3 is 2.90 bits per heavy atom. The molecule has 1 aliphatic heterocycles. The van der Waals surface area contributed by atoms with Crippen molar-refractivity contribution in [3.63, 3.8) is 0 Å². The Morgan fingerprint density at radius 1 is 1.52 bits per heavy atom. The fraction of sp³-hybridized carbons (Fsp3) is 0.286. The number of nitrogens with one attached hydrogen (secondary N) is 1. The highest BCUT2D eigenvalue weighted by molar-refractivity contribution is 5.84. The molecule has 1 aromatic rings. The maximum atomic E-state index is 14.1. The number of carbonyl (C=O) groups excluding carboxylic acids is 1. The van der Waals surface area contributed by atoms with Gasteiger partial charge in [-0.25, -0.2) is 17.9 Å². The van der Waals surface area contributed by atoms with Crippen LogP contribution < -0.4 is 5.32 Å². The summed E-state index contributed by atoms with van der Waals surface area (Å²) in [5.74, 6) is -1.45. The largest absolute Gasteiger partial charge is 0.322 e. The Bertz CT molecular complexity index is 641. The van der Waals surface area contributed by atoms with Crippen LogP contribution in [-0.2, 0) is 4.79 Å². The van der Waals surface area contributed by atoms with E-state index in [-0.39, 0.29) is 18.5 Å². The second-order valence-corrected chi connectivity index (χ2v) is 4.38. The van der Waals surface area contributed by atoms with E-state index in [0.717, 1.165) is 0 Å². The first-order valence-corrected chi connectivity index (χ1v) is 6.20. The summed E-state index contributed by atoms with van der Waals surface area (Å²) >= 11 is 0. The minimum Gasteiger partial charge on any atom is -0.322 e. The molecule has 1 atom stereocenters. The number of alkyl halides is 1. The van der Waals surface area contributed by atoms with E-state index in [0.29, 0.717) is 5.70 Å². The molecule has 0 radical (unpaired) electrons. The molecule has 1 N–H and O–H groups in total. The van der Waals surface area contributed by atoms with E-state index in [2.05, 4.69) is 10.4 Å². The maximum Gasteiger partial charge on any atom is 0.224 e. The first kappa shape index (κ1) is 14.9. The van der Waals surface area contributed by atoms with E-state index >= 15 is 0 Å². The van der Waals surface area contributed by atoms with Crippen molar-refractivity contribution in [1.29, 1.82) is 0 Å². The van der Waals surface area contributed by atoms with Gasteiger partial charge in [0.1, 0.15) is 11.5 Å². The molecule has 2 rings (SSSR count). The quantitative estimate of drug-likeness (QED) is 0.867. The molecule has 0 bridgehead atoms. The predicted octanol–water partition coefficient (Wildman–Crippen LogP) is 2.47. The molecule has 0 spiro atoms. The van der Waals surface area contributed by atoms with Crippen molar-refractivity contribution in [3.05, 3.63) is 35.8 Å². The molecule has 7 heteroatoms. The van der Waals surface area contributed by atoms with E-state index in [9.17, 15) is 18.0 Å². The van der Waals surface area contributed by atoms with Crippen molar-refractivity contribution in [2.75, 3.05) is 0 Å². The molecule has 0 aromatic carbocycles. The lowest BCUT2D eigenvalue weighted by atomic mass is 10.1. The topological polar surface area (TPSA) is 46.9 Å². The van der Waals surface area contributed by atoms with Crippen molar-refractivity contribution in [2.24, 2.45) is 0 Å². The smallest absolute Gasteiger partial charge is 0.224 e. The van der Waals surface area contributed by atoms with Gasteiger partial charge in [-0.2, -0.15) is 5.10 Å². The molecule has 1 aromatic heterocycles. The normalized spacial score (nSPS) is 17.9. The van der Waals surface area contributed by atoms with Crippen molar-refractivity contribution < 1.29 is 18.0 Å². The Hall–Kier alpha value is -2.49. The van der Waals surface area contributed by atoms with E-state index in [4.69, 9.17) is 6.42 Å². The van der Waals surface area contributed by atoms with Crippen molar-refractivity contribution in [1.82, 2.24) is 15.1 Å². The summed E-state index contributed by atoms with van der Waals surface area (Å²) in [5.41, 5.74) is -0.0416. The monoisotopic (exact) mass is 295 g/mol. The van der Waals surface area contributed by atoms with Crippen LogP contribution in [0.1, 0.15) is 19.3 Å². The number of allylic oxidation sites excluding steroid dienone is 3. The number of rotatable bonds is 4. The zero-order chi connectivity index (χ0) is 15.4. The van der Waals surface area contributed by atoms with Crippen LogP contribution in [0.15, 0.2) is 35.8 Å². The average Bonchev–Trinajstić information content (AvgIpc) is 3.00. The third-order valence-corrected chi connectivity index (χ3v) is 2.92. The molecule has 4 nitrogen and oxygen atoms in total. The van der Waals surface area contributed by atoms with Crippen LogP contribution in [0.4, 0.5) is 13.2 Å². The van der Waals surface area contributed by atoms with E-state index in [1.165, 1.54) is 17.1 Å². The van der Waals surface area contributed by atoms with Gasteiger partial charge in [0.25, 0.3) is 0 Å². The van der Waals surface area contributed by atoms with Crippen molar-refractivity contribution in [2.45, 2.75) is 25.4 Å². The minimum absolute atomic E-state index is 0.129. The lowest BCUT2D eigenvalue weighted by molar-refractivity contribution is -0.120. The molecule has 0 aliphatic carbocycles. The summed E-state index contributed by atoms with van der Waals surface area (Å²) in [5, 5.41) is 6.18. The van der Waals surface area contributed by atoms with Gasteiger partial charge in [-0.05, 0) is 6.07 Å². The first-order valence-electron chi connectivity index (χ1n) is 6.20. The Kier molecular flexibility index (Phi) is 4.48. The Balaban J connectivity index is 2.42. The third kappa shape index (κ3) is 3.34. The Morgan fingerprint density at radius 2 is 2.29 bits per heavy atom. The molecule has 21 heavy (non-hydrogen) atoms. The fourth-order valence-corrected chi connectivity index (χ4v) is 1.91. The highest BCUT2D eigenvalue weighted by Crippen LogP contribution is 2.29. The summed E-state index contributed by atoms with van der Waals surface area (Å²) < 4.78 is 42.2. The second-order valence-electron chi connectivity index (χ2n) is 4.38. The molecular formula is C14H12F3N3O. The molecule has 0 fully saturated rings. The van der Waals surface area contributed by atoms with Gasteiger partial charge in [0.05, 0.1) is 5.70 Å². The molecule has 1 aliphatic rings. The highest BCUT2D eigenvalue weighted by Gasteiger charge is 2.25. The van der Waals surface area contributed by atoms with E-state index in [1.807, 2.05) is 0 Å². The Labute approximate surface area is 119 Å². The number of halogens is 3. The van der Waals surface area contributed by atoms with Gasteiger partial charge in [0.2, 0.25) is 5.91 Å². The van der Waals surface area contributed by atoms with Crippen molar-refractivity contribution in [3.8, 4) is 12.3 Å². The molecular weight excluding hydrogens is 283 g/mol. The standard InChI is InChI=1S/C14H12F3N3O/c1-2-9(15)8-10(16)13(17)14-11(4-5-12(21)19-14)20-7-3-6-18-20/h1,3,6-7,9H,4-5,8H2,(H,19,21)/b13-10+. The second kappa shape index (κ2) is 6.31. The van der Waals surface area contributed by atoms with Gasteiger partial charge in [-0.15, -0.1) is 6.42 Å². The van der Waals surface area contributed by atoms with Gasteiger partial charge in [-0.1, -0.05) is 5.92 Å². The van der Waals surface area contributed by atoms with Crippen LogP contribution in [0.3, 0.4) is 0 Å². The van der Waals surface area contributed by atoms with Gasteiger partial charge in [0.15, 0.2) is 12.0 Å². The summed E-state index contributed by atoms with van der Waals surface area (Å²) in [4.78, 5) is 11.4. The van der Waals surface area contributed by atoms with Crippen LogP contribution in [-0.4, -0.2) is 21.9 Å². The molecule has 1 unspecified atom stereocenters. The SMILES string of the molecule is C#CC(F)C/C(F)=C(\F)C1=C(n2cccn2)CCC(=O)N1. The van der Waals surface area contributed by atoms with Gasteiger partial charge in [0, 0.05) is 31.7 Å². The van der Waals surface area contributed by atoms with Gasteiger partial charge < -0.3 is 5.32 Å². The molecule has 110 valence electrons. The van der Waals surface area contributed by atoms with Crippen LogP contribution in [0.25, 0.3) is 5.70 Å². The lowest BCUT2D eigenvalue weighted by Gasteiger charge is -2.20. The molecule has 0 saturated carbocycles. The summed E-state index contributed by atoms with van der Waals surface area (Å²) in [6.07, 6.45) is 5.31. The first-order chi connectivity index (χ1) is 10.0. The molecule has 0 saturated heterocycles. The lowest BCUT2D eigenvalue weighted by Crippen LogP contribution is -2.30. The summed E-state index contributed by atoms with van der Waals surface area (Å²) in [6, 6.07) is 1.61. The minimum atomic E-state index is -1.93. The number of hydrogen-bond donors (Lipinski definition) is 1. The van der Waals surface area contributed by atoms with E-state index < -0.39 is 30.2 Å². The summed E-state index contributed by atoms with van der Waals surface area (Å²) in [7, 11) is 0. The summed E-state index contributed by atoms with van der Waals surface area (Å²) in [6.45, 7) is 0. The van der Waals surface area contributed by atoms with Crippen LogP contribution in [0.5, 0.6) is 0 Å². The molecule has 2 heterocycles. The predicted molar refractivity (Wildman–Crippen MR) is 70.4 cm³/mol. The third-order valence-electron chi connectivity index (χ3n) is 2.92. The fourth-order valence-electron chi connectivity index (χ4n) is 1.91. The number of nitrogens with zero attached hydrogens (tertiary/aromatic N) is 2. The number of amides is 1. The zero-order valence-electron chi connectivity index (χ0n) is 10.9. The van der Waals surface area contributed by atoms with Crippen LogP contribution in [0, 0.1) is 12.3 Å². The number of aromatic nitrogens is 2. The van der Waals surface area contributed by atoms with Gasteiger partial charge in [-0.3, -0.25) is 4.79 Å². The number of hydrogen-bond acceptors (Lipinski definition) is 2. The molecule has 1 amide bonds. The van der Waals surface area contributed by atoms with Crippen molar-refractivity contribution >= 4 is 11.6 Å². The average molecular weight is 295 g/mol. The zero-order valence-corrected chi connectivity index (χ0v) is 10.9. The van der Waals surface area contributed by atoms with Gasteiger partial charge >= 0.3 is 0 Å². The number of terminal acetylenes is 1.